The Morgan fingerprint density at radius 3 is 2.33 bits per heavy atom. The summed E-state index contributed by atoms with van der Waals surface area (Å²) in [6.07, 6.45) is 5.73. The zero-order chi connectivity index (χ0) is 32.6. The summed E-state index contributed by atoms with van der Waals surface area (Å²) in [5.41, 5.74) is 1.85. The van der Waals surface area contributed by atoms with Gasteiger partial charge in [0.1, 0.15) is 18.7 Å². The van der Waals surface area contributed by atoms with Crippen molar-refractivity contribution in [3.05, 3.63) is 70.7 Å². The first-order chi connectivity index (χ1) is 21.7. The standard InChI is InChI=1S/C34H47ClN4O6/c1-4-39(21-20-25-12-7-5-8-13-25)31(40)19-18-29(33(42)38(2)44-3)36-32(41)30(23-26-14-9-6-10-15-26)37-34(43)45-24-27-16-11-17-28(35)22-27/h5,7-8,11-13,16-17,22,26,29-30H,4,6,9-10,14-15,18-21,23-24H2,1-3H3,(H,36,41)(H,37,43). The van der Waals surface area contributed by atoms with Crippen molar-refractivity contribution >= 4 is 35.4 Å². The van der Waals surface area contributed by atoms with E-state index >= 15 is 0 Å². The highest BCUT2D eigenvalue weighted by molar-refractivity contribution is 6.30. The molecule has 1 fully saturated rings. The Morgan fingerprint density at radius 1 is 0.956 bits per heavy atom. The molecule has 4 amide bonds. The first kappa shape index (κ1) is 35.8. The number of hydroxylamine groups is 2. The molecule has 2 unspecified atom stereocenters. The van der Waals surface area contributed by atoms with Crippen molar-refractivity contribution in [2.24, 2.45) is 5.92 Å². The van der Waals surface area contributed by atoms with Crippen LogP contribution in [-0.2, 0) is 37.0 Å². The van der Waals surface area contributed by atoms with Gasteiger partial charge in [-0.1, -0.05) is 86.2 Å². The lowest BCUT2D eigenvalue weighted by Crippen LogP contribution is -2.54. The molecule has 1 saturated carbocycles. The van der Waals surface area contributed by atoms with E-state index < -0.39 is 30.0 Å². The van der Waals surface area contributed by atoms with Crippen molar-refractivity contribution < 1.29 is 28.8 Å². The predicted molar refractivity (Wildman–Crippen MR) is 173 cm³/mol. The molecule has 0 spiro atoms. The van der Waals surface area contributed by atoms with Gasteiger partial charge in [0, 0.05) is 31.6 Å². The van der Waals surface area contributed by atoms with Crippen molar-refractivity contribution in [2.45, 2.75) is 83.4 Å². The number of rotatable bonds is 16. The number of amides is 4. The largest absolute Gasteiger partial charge is 0.445 e. The Morgan fingerprint density at radius 2 is 1.67 bits per heavy atom. The molecular formula is C34H47ClN4O6. The molecule has 1 aliphatic rings. The first-order valence-electron chi connectivity index (χ1n) is 15.8. The van der Waals surface area contributed by atoms with Gasteiger partial charge in [-0.05, 0) is 55.4 Å². The average molecular weight is 643 g/mol. The van der Waals surface area contributed by atoms with Gasteiger partial charge >= 0.3 is 6.09 Å². The number of halogens is 1. The summed E-state index contributed by atoms with van der Waals surface area (Å²) in [4.78, 5) is 59.8. The topological polar surface area (TPSA) is 117 Å². The van der Waals surface area contributed by atoms with E-state index in [1.54, 1.807) is 29.2 Å². The van der Waals surface area contributed by atoms with Gasteiger partial charge in [0.05, 0.1) is 7.11 Å². The minimum Gasteiger partial charge on any atom is -0.445 e. The molecule has 0 aromatic heterocycles. The Bertz CT molecular complexity index is 1240. The summed E-state index contributed by atoms with van der Waals surface area (Å²) in [6, 6.07) is 15.0. The number of carbonyl (C=O) groups excluding carboxylic acids is 4. The van der Waals surface area contributed by atoms with Crippen molar-refractivity contribution in [1.29, 1.82) is 0 Å². The summed E-state index contributed by atoms with van der Waals surface area (Å²) in [7, 11) is 2.81. The average Bonchev–Trinajstić information content (AvgIpc) is 3.05. The molecule has 0 radical (unpaired) electrons. The van der Waals surface area contributed by atoms with Crippen molar-refractivity contribution in [2.75, 3.05) is 27.2 Å². The lowest BCUT2D eigenvalue weighted by Gasteiger charge is -2.29. The van der Waals surface area contributed by atoms with Gasteiger partial charge in [-0.3, -0.25) is 19.2 Å². The van der Waals surface area contributed by atoms with Gasteiger partial charge in [-0.15, -0.1) is 0 Å². The second-order valence-corrected chi connectivity index (χ2v) is 11.9. The van der Waals surface area contributed by atoms with E-state index in [0.29, 0.717) is 36.5 Å². The minimum atomic E-state index is -1.03. The van der Waals surface area contributed by atoms with Crippen LogP contribution in [0.1, 0.15) is 69.4 Å². The van der Waals surface area contributed by atoms with Crippen LogP contribution < -0.4 is 10.6 Å². The molecule has 10 nitrogen and oxygen atoms in total. The molecule has 0 saturated heterocycles. The predicted octanol–water partition coefficient (Wildman–Crippen LogP) is 5.28. The van der Waals surface area contributed by atoms with Crippen molar-refractivity contribution in [1.82, 2.24) is 20.6 Å². The number of hydrogen-bond donors (Lipinski definition) is 2. The van der Waals surface area contributed by atoms with Crippen LogP contribution in [0.25, 0.3) is 0 Å². The van der Waals surface area contributed by atoms with E-state index in [1.165, 1.54) is 14.2 Å². The van der Waals surface area contributed by atoms with Crippen LogP contribution in [0.5, 0.6) is 0 Å². The maximum absolute atomic E-state index is 13.7. The molecule has 3 rings (SSSR count). The van der Waals surface area contributed by atoms with Crippen LogP contribution in [0.3, 0.4) is 0 Å². The number of nitrogens with one attached hydrogen (secondary N) is 2. The fourth-order valence-corrected chi connectivity index (χ4v) is 5.79. The summed E-state index contributed by atoms with van der Waals surface area (Å²) < 4.78 is 5.40. The second-order valence-electron chi connectivity index (χ2n) is 11.5. The number of benzene rings is 2. The number of carbonyl (C=O) groups is 4. The fraction of sp³-hybridized carbons (Fsp3) is 0.529. The molecule has 2 aromatic carbocycles. The number of nitrogens with zero attached hydrogens (tertiary/aromatic N) is 2. The number of alkyl carbamates (subject to hydrolysis) is 1. The molecule has 2 N–H and O–H groups in total. The fourth-order valence-electron chi connectivity index (χ4n) is 5.58. The van der Waals surface area contributed by atoms with Gasteiger partial charge in [-0.25, -0.2) is 9.86 Å². The monoisotopic (exact) mass is 642 g/mol. The molecular weight excluding hydrogens is 596 g/mol. The normalized spacial score (nSPS) is 14.6. The molecule has 0 aliphatic heterocycles. The maximum atomic E-state index is 13.7. The van der Waals surface area contributed by atoms with Gasteiger partial charge in [0.15, 0.2) is 0 Å². The number of hydrogen-bond acceptors (Lipinski definition) is 6. The highest BCUT2D eigenvalue weighted by atomic mass is 35.5. The van der Waals surface area contributed by atoms with E-state index in [0.717, 1.165) is 42.7 Å². The van der Waals surface area contributed by atoms with Gasteiger partial charge < -0.3 is 20.3 Å². The Balaban J connectivity index is 1.66. The molecule has 1 aliphatic carbocycles. The van der Waals surface area contributed by atoms with E-state index in [1.807, 2.05) is 37.3 Å². The zero-order valence-electron chi connectivity index (χ0n) is 26.6. The van der Waals surface area contributed by atoms with E-state index in [9.17, 15) is 19.2 Å². The Kier molecular flexibility index (Phi) is 15.1. The van der Waals surface area contributed by atoms with Crippen LogP contribution in [-0.4, -0.2) is 73.1 Å². The lowest BCUT2D eigenvalue weighted by molar-refractivity contribution is -0.172. The van der Waals surface area contributed by atoms with E-state index in [-0.39, 0.29) is 31.3 Å². The summed E-state index contributed by atoms with van der Waals surface area (Å²) >= 11 is 6.04. The molecule has 2 atom stereocenters. The molecule has 11 heteroatoms. The molecule has 0 bridgehead atoms. The Hall–Kier alpha value is -3.63. The highest BCUT2D eigenvalue weighted by Gasteiger charge is 2.32. The van der Waals surface area contributed by atoms with Crippen LogP contribution in [0.4, 0.5) is 4.79 Å². The molecule has 246 valence electrons. The van der Waals surface area contributed by atoms with Crippen molar-refractivity contribution in [3.8, 4) is 0 Å². The summed E-state index contributed by atoms with van der Waals surface area (Å²) in [5.74, 6) is -0.859. The number of ether oxygens (including phenoxy) is 1. The van der Waals surface area contributed by atoms with Crippen LogP contribution in [0.2, 0.25) is 5.02 Å². The van der Waals surface area contributed by atoms with Crippen LogP contribution in [0.15, 0.2) is 54.6 Å². The minimum absolute atomic E-state index is 0.00970. The van der Waals surface area contributed by atoms with Crippen LogP contribution >= 0.6 is 11.6 Å². The first-order valence-corrected chi connectivity index (χ1v) is 16.2. The van der Waals surface area contributed by atoms with Crippen LogP contribution in [0, 0.1) is 5.92 Å². The SMILES string of the molecule is CCN(CCc1ccccc1)C(=O)CCC(NC(=O)C(CC1CCCCC1)NC(=O)OCc1cccc(Cl)c1)C(=O)N(C)OC. The third kappa shape index (κ3) is 12.4. The lowest BCUT2D eigenvalue weighted by atomic mass is 9.84. The van der Waals surface area contributed by atoms with Crippen molar-refractivity contribution in [3.63, 3.8) is 0 Å². The number of likely N-dealkylation sites (N-methyl/N-ethyl adjacent to an activating group) is 2. The molecule has 2 aromatic rings. The summed E-state index contributed by atoms with van der Waals surface area (Å²) in [6.45, 7) is 2.98. The third-order valence-corrected chi connectivity index (χ3v) is 8.49. The summed E-state index contributed by atoms with van der Waals surface area (Å²) in [5, 5.41) is 7.09. The molecule has 0 heterocycles. The second kappa shape index (κ2) is 19.0. The Labute approximate surface area is 271 Å². The third-order valence-electron chi connectivity index (χ3n) is 8.25. The van der Waals surface area contributed by atoms with E-state index in [4.69, 9.17) is 21.2 Å². The smallest absolute Gasteiger partial charge is 0.408 e. The quantitative estimate of drug-likeness (QED) is 0.241. The van der Waals surface area contributed by atoms with Gasteiger partial charge in [-0.2, -0.15) is 0 Å². The maximum Gasteiger partial charge on any atom is 0.408 e. The zero-order valence-corrected chi connectivity index (χ0v) is 27.4. The molecule has 45 heavy (non-hydrogen) atoms. The highest BCUT2D eigenvalue weighted by Crippen LogP contribution is 2.27. The van der Waals surface area contributed by atoms with Gasteiger partial charge in [0.2, 0.25) is 11.8 Å². The van der Waals surface area contributed by atoms with Gasteiger partial charge in [0.25, 0.3) is 5.91 Å². The van der Waals surface area contributed by atoms with E-state index in [2.05, 4.69) is 10.6 Å².